The van der Waals surface area contributed by atoms with E-state index in [1.54, 1.807) is 12.1 Å². The quantitative estimate of drug-likeness (QED) is 0.145. The third-order valence-electron chi connectivity index (χ3n) is 7.58. The van der Waals surface area contributed by atoms with E-state index in [0.717, 1.165) is 56.7 Å². The number of pyridine rings is 1. The normalized spacial score (nSPS) is 16.7. The lowest BCUT2D eigenvalue weighted by molar-refractivity contribution is -0.605. The Morgan fingerprint density at radius 2 is 1.70 bits per heavy atom. The summed E-state index contributed by atoms with van der Waals surface area (Å²) in [6.45, 7) is -0.397. The molecule has 2 aliphatic rings. The average Bonchev–Trinajstić information content (AvgIpc) is 3.80. The number of alkyl halides is 2. The van der Waals surface area contributed by atoms with E-state index >= 15 is 0 Å². The number of rotatable bonds is 12. The van der Waals surface area contributed by atoms with Crippen LogP contribution >= 0.6 is 23.2 Å². The van der Waals surface area contributed by atoms with Gasteiger partial charge < -0.3 is 24.5 Å². The minimum atomic E-state index is -3.05. The van der Waals surface area contributed by atoms with Crippen LogP contribution in [-0.4, -0.2) is 48.4 Å². The van der Waals surface area contributed by atoms with Crippen LogP contribution in [0.4, 0.5) is 8.78 Å². The Labute approximate surface area is 258 Å². The van der Waals surface area contributed by atoms with Gasteiger partial charge in [-0.3, -0.25) is 4.90 Å². The van der Waals surface area contributed by atoms with Crippen molar-refractivity contribution < 1.29 is 37.6 Å². The Morgan fingerprint density at radius 3 is 2.33 bits per heavy atom. The molecule has 0 spiro atoms. The number of hydrogen-bond donors (Lipinski definition) is 1. The van der Waals surface area contributed by atoms with Gasteiger partial charge in [-0.15, -0.1) is 0 Å². The first kappa shape index (κ1) is 31.3. The maximum atomic E-state index is 13.4. The fourth-order valence-electron chi connectivity index (χ4n) is 4.94. The van der Waals surface area contributed by atoms with Crippen LogP contribution in [0.3, 0.4) is 0 Å². The second-order valence-electron chi connectivity index (χ2n) is 10.9. The van der Waals surface area contributed by atoms with Gasteiger partial charge in [0.25, 0.3) is 0 Å². The van der Waals surface area contributed by atoms with Crippen molar-refractivity contribution in [2.75, 3.05) is 19.7 Å². The van der Waals surface area contributed by atoms with E-state index in [0.29, 0.717) is 40.5 Å². The Balaban J connectivity index is 1.38. The number of aromatic nitrogens is 1. The molecule has 8 nitrogen and oxygen atoms in total. The summed E-state index contributed by atoms with van der Waals surface area (Å²) in [5.74, 6) is -0.301. The van der Waals surface area contributed by atoms with E-state index in [-0.39, 0.29) is 34.1 Å². The van der Waals surface area contributed by atoms with Crippen molar-refractivity contribution in [1.82, 2.24) is 4.90 Å². The molecule has 3 aromatic rings. The molecule has 1 aliphatic heterocycles. The number of carbonyl (C=O) groups is 1. The average molecular weight is 638 g/mol. The third-order valence-corrected chi connectivity index (χ3v) is 8.23. The number of aliphatic hydroxyl groups is 1. The first-order valence-corrected chi connectivity index (χ1v) is 14.9. The molecule has 1 saturated heterocycles. The molecular formula is C31H32Cl2F2N2O6. The van der Waals surface area contributed by atoms with Gasteiger partial charge in [-0.05, 0) is 67.0 Å². The highest BCUT2D eigenvalue weighted by molar-refractivity contribution is 6.35. The lowest BCUT2D eigenvalue weighted by Crippen LogP contribution is -2.35. The molecule has 2 heterocycles. The van der Waals surface area contributed by atoms with Crippen LogP contribution in [0.1, 0.15) is 58.8 Å². The second kappa shape index (κ2) is 14.1. The van der Waals surface area contributed by atoms with Gasteiger partial charge in [0.1, 0.15) is 16.1 Å². The molecule has 2 aromatic carbocycles. The molecule has 1 aromatic heterocycles. The Bertz CT molecular complexity index is 1390. The number of benzene rings is 2. The van der Waals surface area contributed by atoms with Crippen molar-refractivity contribution in [3.8, 4) is 11.5 Å². The molecule has 0 amide bonds. The molecule has 5 rings (SSSR count). The van der Waals surface area contributed by atoms with Crippen LogP contribution in [0.2, 0.25) is 10.0 Å². The van der Waals surface area contributed by atoms with Crippen LogP contribution in [-0.2, 0) is 17.7 Å². The summed E-state index contributed by atoms with van der Waals surface area (Å²) in [6.07, 6.45) is 4.54. The zero-order valence-electron chi connectivity index (χ0n) is 23.3. The molecule has 43 heavy (non-hydrogen) atoms. The largest absolute Gasteiger partial charge is 0.619 e. The number of nitrogens with zero attached hydrogens (tertiary/aromatic N) is 2. The van der Waals surface area contributed by atoms with Gasteiger partial charge in [-0.25, -0.2) is 4.79 Å². The number of likely N-dealkylation sites (tertiary alicyclic amines) is 1. The van der Waals surface area contributed by atoms with Gasteiger partial charge in [0.05, 0.1) is 18.3 Å². The summed E-state index contributed by atoms with van der Waals surface area (Å²) in [6, 6.07) is 11.4. The van der Waals surface area contributed by atoms with Crippen LogP contribution in [0, 0.1) is 11.1 Å². The lowest BCUT2D eigenvalue weighted by Gasteiger charge is -2.29. The minimum absolute atomic E-state index is 0.000255. The Morgan fingerprint density at radius 1 is 1.02 bits per heavy atom. The van der Waals surface area contributed by atoms with Crippen molar-refractivity contribution in [3.63, 3.8) is 0 Å². The molecule has 1 atom stereocenters. The van der Waals surface area contributed by atoms with E-state index in [1.165, 1.54) is 18.2 Å². The number of esters is 1. The molecule has 0 radical (unpaired) electrons. The third kappa shape index (κ3) is 8.69. The summed E-state index contributed by atoms with van der Waals surface area (Å²) >= 11 is 12.7. The number of piperidine rings is 1. The minimum Gasteiger partial charge on any atom is -0.619 e. The molecule has 1 unspecified atom stereocenters. The smallest absolute Gasteiger partial charge is 0.387 e. The van der Waals surface area contributed by atoms with Gasteiger partial charge in [0.15, 0.2) is 23.9 Å². The van der Waals surface area contributed by atoms with Crippen LogP contribution in [0.15, 0.2) is 54.9 Å². The first-order chi connectivity index (χ1) is 20.6. The summed E-state index contributed by atoms with van der Waals surface area (Å²) in [5, 5.41) is 21.7. The summed E-state index contributed by atoms with van der Waals surface area (Å²) in [4.78, 5) is 15.6. The predicted octanol–water partition coefficient (Wildman–Crippen LogP) is 6.11. The van der Waals surface area contributed by atoms with Crippen molar-refractivity contribution in [2.45, 2.75) is 57.5 Å². The van der Waals surface area contributed by atoms with Crippen molar-refractivity contribution in [3.05, 3.63) is 92.4 Å². The highest BCUT2D eigenvalue weighted by atomic mass is 35.5. The Kier molecular flexibility index (Phi) is 10.2. The monoisotopic (exact) mass is 636 g/mol. The summed E-state index contributed by atoms with van der Waals surface area (Å²) in [5.41, 5.74) is 2.15. The first-order valence-electron chi connectivity index (χ1n) is 14.1. The standard InChI is InChI=1S/C31H32Cl2F2N2O6/c32-25-16-37(40)17-26(33)24(25)14-28(22-7-8-27(43-31(34)35)29(13-22)41-18-20-1-2-20)42-30(39)21-5-3-19(4-6-21)15-36-11-9-23(38)10-12-36/h3-8,13,16-17,20,23,28,31,38H,1-2,9-12,14-15,18H2. The van der Waals surface area contributed by atoms with Crippen molar-refractivity contribution >= 4 is 29.2 Å². The fraction of sp³-hybridized carbons (Fsp3) is 0.419. The maximum Gasteiger partial charge on any atom is 0.387 e. The van der Waals surface area contributed by atoms with E-state index < -0.39 is 18.7 Å². The number of halogens is 4. The van der Waals surface area contributed by atoms with Crippen molar-refractivity contribution in [1.29, 1.82) is 0 Å². The SMILES string of the molecule is O=C(OC(Cc1c(Cl)c[n+]([O-])cc1Cl)c1ccc(OC(F)F)c(OCC2CC2)c1)c1ccc(CN2CCC(O)CC2)cc1. The fourth-order valence-corrected chi connectivity index (χ4v) is 5.54. The zero-order chi connectivity index (χ0) is 30.5. The predicted molar refractivity (Wildman–Crippen MR) is 156 cm³/mol. The lowest BCUT2D eigenvalue weighted by atomic mass is 10.0. The molecule has 230 valence electrons. The number of carbonyl (C=O) groups excluding carboxylic acids is 1. The molecule has 1 N–H and O–H groups in total. The van der Waals surface area contributed by atoms with E-state index in [2.05, 4.69) is 9.64 Å². The van der Waals surface area contributed by atoms with Crippen molar-refractivity contribution in [2.24, 2.45) is 5.92 Å². The highest BCUT2D eigenvalue weighted by Crippen LogP contribution is 2.38. The molecule has 1 aliphatic carbocycles. The summed E-state index contributed by atoms with van der Waals surface area (Å²) in [7, 11) is 0. The zero-order valence-corrected chi connectivity index (χ0v) is 24.8. The van der Waals surface area contributed by atoms with Gasteiger partial charge >= 0.3 is 12.6 Å². The van der Waals surface area contributed by atoms with E-state index in [4.69, 9.17) is 32.7 Å². The van der Waals surface area contributed by atoms with Gasteiger partial charge in [0, 0.05) is 31.6 Å². The van der Waals surface area contributed by atoms with Crippen LogP contribution < -0.4 is 14.2 Å². The van der Waals surface area contributed by atoms with Gasteiger partial charge in [-0.2, -0.15) is 13.5 Å². The second-order valence-corrected chi connectivity index (χ2v) is 11.7. The summed E-state index contributed by atoms with van der Waals surface area (Å²) < 4.78 is 43.1. The molecule has 2 fully saturated rings. The van der Waals surface area contributed by atoms with Gasteiger partial charge in [-0.1, -0.05) is 41.4 Å². The molecule has 12 heteroatoms. The highest BCUT2D eigenvalue weighted by Gasteiger charge is 2.27. The van der Waals surface area contributed by atoms with Crippen LogP contribution in [0.5, 0.6) is 11.5 Å². The molecule has 0 bridgehead atoms. The van der Waals surface area contributed by atoms with E-state index in [1.807, 2.05) is 12.1 Å². The van der Waals surface area contributed by atoms with E-state index in [9.17, 15) is 23.9 Å². The van der Waals surface area contributed by atoms with Crippen LogP contribution in [0.25, 0.3) is 0 Å². The number of hydrogen-bond acceptors (Lipinski definition) is 7. The Hall–Kier alpha value is -3.18. The number of aliphatic hydroxyl groups excluding tert-OH is 1. The number of ether oxygens (including phenoxy) is 3. The topological polar surface area (TPSA) is 95.2 Å². The molecule has 1 saturated carbocycles. The molecular weight excluding hydrogens is 605 g/mol. The maximum absolute atomic E-state index is 13.4. The van der Waals surface area contributed by atoms with Gasteiger partial charge in [0.2, 0.25) is 0 Å².